The van der Waals surface area contributed by atoms with Crippen LogP contribution in [0, 0.1) is 11.3 Å². The number of halogens is 2. The Morgan fingerprint density at radius 2 is 1.82 bits per heavy atom. The van der Waals surface area contributed by atoms with Gasteiger partial charge in [0, 0.05) is 4.47 Å². The molecule has 0 spiro atoms. The van der Waals surface area contributed by atoms with Gasteiger partial charge in [0.05, 0.1) is 23.9 Å². The van der Waals surface area contributed by atoms with Crippen molar-refractivity contribution in [2.24, 2.45) is 0 Å². The van der Waals surface area contributed by atoms with Crippen LogP contribution in [0.1, 0.15) is 12.5 Å². The van der Waals surface area contributed by atoms with Gasteiger partial charge in [-0.05, 0) is 80.8 Å². The summed E-state index contributed by atoms with van der Waals surface area (Å²) in [6.45, 7) is 1.89. The third kappa shape index (κ3) is 5.02. The van der Waals surface area contributed by atoms with E-state index >= 15 is 0 Å². The molecule has 3 rings (SSSR count). The molecular formula is C22H17Br2N3O6. The molecule has 1 N–H and O–H groups in total. The number of ether oxygens (including phenoxy) is 3. The number of urea groups is 1. The van der Waals surface area contributed by atoms with Gasteiger partial charge in [0.25, 0.3) is 11.8 Å². The van der Waals surface area contributed by atoms with E-state index in [1.165, 1.54) is 25.3 Å². The first-order chi connectivity index (χ1) is 15.8. The lowest BCUT2D eigenvalue weighted by molar-refractivity contribution is -0.122. The van der Waals surface area contributed by atoms with Gasteiger partial charge < -0.3 is 14.2 Å². The Labute approximate surface area is 206 Å². The summed E-state index contributed by atoms with van der Waals surface area (Å²) in [6, 6.07) is 8.85. The van der Waals surface area contributed by atoms with Crippen molar-refractivity contribution in [3.05, 3.63) is 50.4 Å². The summed E-state index contributed by atoms with van der Waals surface area (Å²) in [7, 11) is 1.50. The lowest BCUT2D eigenvalue weighted by atomic mass is 10.1. The molecule has 0 bridgehead atoms. The molecule has 1 saturated heterocycles. The van der Waals surface area contributed by atoms with Gasteiger partial charge >= 0.3 is 6.03 Å². The monoisotopic (exact) mass is 577 g/mol. The van der Waals surface area contributed by atoms with Gasteiger partial charge in [-0.15, -0.1) is 0 Å². The zero-order valence-corrected chi connectivity index (χ0v) is 20.7. The molecule has 1 fully saturated rings. The van der Waals surface area contributed by atoms with E-state index in [9.17, 15) is 14.4 Å². The zero-order chi connectivity index (χ0) is 24.1. The Morgan fingerprint density at radius 3 is 2.42 bits per heavy atom. The molecule has 0 aliphatic carbocycles. The molecule has 33 heavy (non-hydrogen) atoms. The number of rotatable bonds is 7. The molecule has 11 heteroatoms. The fourth-order valence-corrected chi connectivity index (χ4v) is 3.94. The van der Waals surface area contributed by atoms with Crippen LogP contribution >= 0.6 is 31.9 Å². The number of methoxy groups -OCH3 is 1. The second kappa shape index (κ2) is 10.5. The molecule has 0 saturated carbocycles. The van der Waals surface area contributed by atoms with Gasteiger partial charge in [0.2, 0.25) is 0 Å². The number of barbiturate groups is 1. The maximum atomic E-state index is 13.1. The molecule has 0 aromatic heterocycles. The number of nitrogens with one attached hydrogen (secondary N) is 1. The van der Waals surface area contributed by atoms with Crippen LogP contribution < -0.4 is 24.4 Å². The lowest BCUT2D eigenvalue weighted by Gasteiger charge is -2.26. The van der Waals surface area contributed by atoms with Crippen LogP contribution in [-0.4, -0.2) is 38.2 Å². The van der Waals surface area contributed by atoms with Crippen LogP contribution in [-0.2, 0) is 9.59 Å². The number of imide groups is 2. The largest absolute Gasteiger partial charge is 0.497 e. The van der Waals surface area contributed by atoms with Gasteiger partial charge in [-0.25, -0.2) is 9.69 Å². The highest BCUT2D eigenvalue weighted by molar-refractivity contribution is 9.13. The molecule has 170 valence electrons. The third-order valence-corrected chi connectivity index (χ3v) is 6.61. The van der Waals surface area contributed by atoms with E-state index in [1.54, 1.807) is 25.1 Å². The summed E-state index contributed by atoms with van der Waals surface area (Å²) in [5, 5.41) is 11.0. The number of nitriles is 1. The smallest absolute Gasteiger partial charge is 0.335 e. The molecule has 9 nitrogen and oxygen atoms in total. The highest BCUT2D eigenvalue weighted by Gasteiger charge is 2.37. The second-order valence-electron chi connectivity index (χ2n) is 6.46. The fourth-order valence-electron chi connectivity index (χ4n) is 2.99. The summed E-state index contributed by atoms with van der Waals surface area (Å²) < 4.78 is 17.0. The number of carbonyl (C=O) groups is 3. The van der Waals surface area contributed by atoms with Crippen molar-refractivity contribution in [1.29, 1.82) is 5.26 Å². The zero-order valence-electron chi connectivity index (χ0n) is 17.5. The van der Waals surface area contributed by atoms with Crippen molar-refractivity contribution >= 4 is 61.5 Å². The minimum absolute atomic E-state index is 0.203. The molecule has 2 aromatic carbocycles. The maximum absolute atomic E-state index is 13.1. The number of nitrogens with zero attached hydrogens (tertiary/aromatic N) is 2. The predicted octanol–water partition coefficient (Wildman–Crippen LogP) is 4.19. The van der Waals surface area contributed by atoms with Crippen molar-refractivity contribution in [2.75, 3.05) is 25.2 Å². The van der Waals surface area contributed by atoms with Crippen LogP contribution in [0.5, 0.6) is 17.2 Å². The molecule has 4 amide bonds. The third-order valence-electron chi connectivity index (χ3n) is 4.47. The van der Waals surface area contributed by atoms with Crippen LogP contribution in [0.15, 0.2) is 44.9 Å². The molecule has 0 unspecified atom stereocenters. The fraction of sp³-hybridized carbons (Fsp3) is 0.182. The topological polar surface area (TPSA) is 118 Å². The van der Waals surface area contributed by atoms with Gasteiger partial charge in [-0.2, -0.15) is 5.26 Å². The molecule has 0 atom stereocenters. The molecular weight excluding hydrogens is 562 g/mol. The number of anilines is 1. The molecule has 1 aliphatic heterocycles. The number of amides is 4. The van der Waals surface area contributed by atoms with E-state index in [1.807, 2.05) is 6.07 Å². The highest BCUT2D eigenvalue weighted by Crippen LogP contribution is 2.43. The molecule has 0 radical (unpaired) electrons. The quantitative estimate of drug-likeness (QED) is 0.386. The summed E-state index contributed by atoms with van der Waals surface area (Å²) in [4.78, 5) is 38.9. The minimum Gasteiger partial charge on any atom is -0.497 e. The van der Waals surface area contributed by atoms with Crippen molar-refractivity contribution in [1.82, 2.24) is 5.32 Å². The number of hydrogen-bond acceptors (Lipinski definition) is 7. The summed E-state index contributed by atoms with van der Waals surface area (Å²) >= 11 is 6.81. The van der Waals surface area contributed by atoms with Gasteiger partial charge in [-0.1, -0.05) is 0 Å². The van der Waals surface area contributed by atoms with E-state index in [0.717, 1.165) is 4.90 Å². The number of hydrogen-bond donors (Lipinski definition) is 1. The van der Waals surface area contributed by atoms with E-state index in [2.05, 4.69) is 37.2 Å². The Morgan fingerprint density at radius 1 is 1.12 bits per heavy atom. The standard InChI is InChI=1S/C22H17Br2N3O6/c1-3-32-16-11-12(17(23)18(24)19(16)33-9-8-25)10-15-20(28)26-22(30)27(21(15)29)13-4-6-14(31-2)7-5-13/h4-7,10-11H,3,9H2,1-2H3,(H,26,28,30)/b15-10-. The van der Waals surface area contributed by atoms with Gasteiger partial charge in [0.15, 0.2) is 18.1 Å². The van der Waals surface area contributed by atoms with E-state index < -0.39 is 17.8 Å². The Kier molecular flexibility index (Phi) is 7.73. The first-order valence-corrected chi connectivity index (χ1v) is 11.1. The second-order valence-corrected chi connectivity index (χ2v) is 8.04. The average molecular weight is 579 g/mol. The number of carbonyl (C=O) groups excluding carboxylic acids is 3. The Hall–Kier alpha value is -3.36. The predicted molar refractivity (Wildman–Crippen MR) is 126 cm³/mol. The average Bonchev–Trinajstić information content (AvgIpc) is 2.80. The highest BCUT2D eigenvalue weighted by atomic mass is 79.9. The van der Waals surface area contributed by atoms with Crippen molar-refractivity contribution in [3.63, 3.8) is 0 Å². The van der Waals surface area contributed by atoms with Crippen LogP contribution in [0.2, 0.25) is 0 Å². The first kappa shape index (κ1) is 24.3. The molecule has 1 heterocycles. The summed E-state index contributed by atoms with van der Waals surface area (Å²) in [6.07, 6.45) is 1.34. The van der Waals surface area contributed by atoms with Crippen LogP contribution in [0.4, 0.5) is 10.5 Å². The van der Waals surface area contributed by atoms with E-state index in [4.69, 9.17) is 19.5 Å². The van der Waals surface area contributed by atoms with Crippen molar-refractivity contribution in [2.45, 2.75) is 6.92 Å². The van der Waals surface area contributed by atoms with Gasteiger partial charge in [-0.3, -0.25) is 14.9 Å². The van der Waals surface area contributed by atoms with Crippen molar-refractivity contribution < 1.29 is 28.6 Å². The minimum atomic E-state index is -0.859. The van der Waals surface area contributed by atoms with Crippen LogP contribution in [0.25, 0.3) is 6.08 Å². The van der Waals surface area contributed by atoms with Crippen LogP contribution in [0.3, 0.4) is 0 Å². The van der Waals surface area contributed by atoms with E-state index in [0.29, 0.717) is 38.4 Å². The maximum Gasteiger partial charge on any atom is 0.335 e. The Bertz CT molecular complexity index is 1190. The Balaban J connectivity index is 2.06. The van der Waals surface area contributed by atoms with Crippen molar-refractivity contribution in [3.8, 4) is 23.3 Å². The van der Waals surface area contributed by atoms with Gasteiger partial charge in [0.1, 0.15) is 17.4 Å². The summed E-state index contributed by atoms with van der Waals surface area (Å²) in [5.74, 6) is -0.477. The first-order valence-electron chi connectivity index (χ1n) is 9.52. The molecule has 1 aliphatic rings. The number of benzene rings is 2. The van der Waals surface area contributed by atoms with E-state index in [-0.39, 0.29) is 17.9 Å². The lowest BCUT2D eigenvalue weighted by Crippen LogP contribution is -2.54. The molecule has 2 aromatic rings. The normalized spacial score (nSPS) is 14.7. The SMILES string of the molecule is CCOc1cc(/C=C2/C(=O)NC(=O)N(c3ccc(OC)cc3)C2=O)c(Br)c(Br)c1OCC#N. The summed E-state index contributed by atoms with van der Waals surface area (Å²) in [5.41, 5.74) is 0.426.